The highest BCUT2D eigenvalue weighted by molar-refractivity contribution is 7.89. The molecular formula is C12H16ClNO4S. The third kappa shape index (κ3) is 4.81. The number of hydrogen-bond donors (Lipinski definition) is 1. The standard InChI is InChI=1S/C12H16ClNO4S/c1-3-8-14-19(16,17)11-6-4-10(5-7-11)12(15)18-9(2)13/h4-7,9,14H,3,8H2,1-2H3. The normalized spacial score (nSPS) is 13.0. The van der Waals surface area contributed by atoms with Crippen molar-refractivity contribution in [3.8, 4) is 0 Å². The van der Waals surface area contributed by atoms with Gasteiger partial charge >= 0.3 is 5.97 Å². The summed E-state index contributed by atoms with van der Waals surface area (Å²) >= 11 is 5.53. The molecule has 1 aromatic rings. The Kier molecular flexibility index (Phi) is 5.78. The fourth-order valence-electron chi connectivity index (χ4n) is 1.31. The van der Waals surface area contributed by atoms with E-state index in [1.165, 1.54) is 31.2 Å². The molecule has 19 heavy (non-hydrogen) atoms. The van der Waals surface area contributed by atoms with Gasteiger partial charge in [-0.15, -0.1) is 0 Å². The van der Waals surface area contributed by atoms with Crippen LogP contribution >= 0.6 is 11.6 Å². The molecule has 1 unspecified atom stereocenters. The number of alkyl halides is 1. The SMILES string of the molecule is CCCNS(=O)(=O)c1ccc(C(=O)OC(C)Cl)cc1. The minimum atomic E-state index is -3.52. The molecule has 0 saturated carbocycles. The van der Waals surface area contributed by atoms with Gasteiger partial charge in [-0.3, -0.25) is 0 Å². The van der Waals surface area contributed by atoms with E-state index in [-0.39, 0.29) is 10.5 Å². The third-order valence-electron chi connectivity index (χ3n) is 2.21. The topological polar surface area (TPSA) is 72.5 Å². The Labute approximate surface area is 118 Å². The number of carbonyl (C=O) groups excluding carboxylic acids is 1. The lowest BCUT2D eigenvalue weighted by atomic mass is 10.2. The largest absolute Gasteiger partial charge is 0.443 e. The molecule has 1 aromatic carbocycles. The maximum Gasteiger partial charge on any atom is 0.339 e. The van der Waals surface area contributed by atoms with Gasteiger partial charge in [0, 0.05) is 6.54 Å². The molecule has 5 nitrogen and oxygen atoms in total. The molecular weight excluding hydrogens is 290 g/mol. The van der Waals surface area contributed by atoms with Crippen molar-refractivity contribution in [2.45, 2.75) is 30.7 Å². The van der Waals surface area contributed by atoms with Gasteiger partial charge < -0.3 is 4.74 Å². The summed E-state index contributed by atoms with van der Waals surface area (Å²) in [6, 6.07) is 5.49. The molecule has 0 heterocycles. The van der Waals surface area contributed by atoms with E-state index in [2.05, 4.69) is 4.72 Å². The van der Waals surface area contributed by atoms with Crippen LogP contribution < -0.4 is 4.72 Å². The summed E-state index contributed by atoms with van der Waals surface area (Å²) in [5.74, 6) is -0.590. The molecule has 0 bridgehead atoms. The van der Waals surface area contributed by atoms with Crippen molar-refractivity contribution in [1.82, 2.24) is 4.72 Å². The summed E-state index contributed by atoms with van der Waals surface area (Å²) in [5, 5.41) is 0. The molecule has 0 saturated heterocycles. The van der Waals surface area contributed by atoms with Crippen LogP contribution in [0.2, 0.25) is 0 Å². The lowest BCUT2D eigenvalue weighted by Gasteiger charge is -2.08. The van der Waals surface area contributed by atoms with Crippen LogP contribution in [-0.2, 0) is 14.8 Å². The summed E-state index contributed by atoms with van der Waals surface area (Å²) in [6.07, 6.45) is 0.706. The van der Waals surface area contributed by atoms with Crippen LogP contribution in [-0.4, -0.2) is 26.5 Å². The average molecular weight is 306 g/mol. The summed E-state index contributed by atoms with van der Waals surface area (Å²) in [4.78, 5) is 11.6. The van der Waals surface area contributed by atoms with E-state index < -0.39 is 21.6 Å². The van der Waals surface area contributed by atoms with Crippen molar-refractivity contribution in [2.24, 2.45) is 0 Å². The summed E-state index contributed by atoms with van der Waals surface area (Å²) in [7, 11) is -3.52. The van der Waals surface area contributed by atoms with Gasteiger partial charge in [-0.2, -0.15) is 0 Å². The highest BCUT2D eigenvalue weighted by Gasteiger charge is 2.15. The molecule has 0 aromatic heterocycles. The van der Waals surface area contributed by atoms with Crippen molar-refractivity contribution in [3.63, 3.8) is 0 Å². The van der Waals surface area contributed by atoms with Crippen LogP contribution in [0.15, 0.2) is 29.2 Å². The van der Waals surface area contributed by atoms with E-state index in [1.54, 1.807) is 0 Å². The highest BCUT2D eigenvalue weighted by Crippen LogP contribution is 2.12. The van der Waals surface area contributed by atoms with Crippen LogP contribution in [0, 0.1) is 0 Å². The van der Waals surface area contributed by atoms with Gasteiger partial charge in [-0.1, -0.05) is 18.5 Å². The fraction of sp³-hybridized carbons (Fsp3) is 0.417. The number of nitrogens with one attached hydrogen (secondary N) is 1. The molecule has 1 N–H and O–H groups in total. The van der Waals surface area contributed by atoms with Crippen molar-refractivity contribution >= 4 is 27.6 Å². The minimum absolute atomic E-state index is 0.108. The van der Waals surface area contributed by atoms with Crippen LogP contribution in [0.4, 0.5) is 0 Å². The number of rotatable bonds is 6. The smallest absolute Gasteiger partial charge is 0.339 e. The maximum absolute atomic E-state index is 11.8. The van der Waals surface area contributed by atoms with Gasteiger partial charge in [0.15, 0.2) is 5.56 Å². The molecule has 0 aliphatic rings. The van der Waals surface area contributed by atoms with Crippen molar-refractivity contribution < 1.29 is 17.9 Å². The third-order valence-corrected chi connectivity index (χ3v) is 3.78. The quantitative estimate of drug-likeness (QED) is 0.645. The van der Waals surface area contributed by atoms with Crippen LogP contribution in [0.3, 0.4) is 0 Å². The molecule has 0 aliphatic carbocycles. The van der Waals surface area contributed by atoms with Gasteiger partial charge in [0.25, 0.3) is 0 Å². The summed E-state index contributed by atoms with van der Waals surface area (Å²) in [6.45, 7) is 3.76. The van der Waals surface area contributed by atoms with Crippen molar-refractivity contribution in [1.29, 1.82) is 0 Å². The van der Waals surface area contributed by atoms with E-state index >= 15 is 0 Å². The lowest BCUT2D eigenvalue weighted by molar-refractivity contribution is 0.0472. The first kappa shape index (κ1) is 15.9. The zero-order valence-electron chi connectivity index (χ0n) is 10.7. The number of carbonyl (C=O) groups is 1. The minimum Gasteiger partial charge on any atom is -0.443 e. The van der Waals surface area contributed by atoms with Crippen LogP contribution in [0.25, 0.3) is 0 Å². The van der Waals surface area contributed by atoms with Crippen LogP contribution in [0.1, 0.15) is 30.6 Å². The second kappa shape index (κ2) is 6.88. The van der Waals surface area contributed by atoms with E-state index in [1.807, 2.05) is 6.92 Å². The van der Waals surface area contributed by atoms with Gasteiger partial charge in [0.05, 0.1) is 10.5 Å². The summed E-state index contributed by atoms with van der Waals surface area (Å²) in [5.41, 5.74) is -0.482. The van der Waals surface area contributed by atoms with E-state index in [9.17, 15) is 13.2 Å². The first-order valence-corrected chi connectivity index (χ1v) is 7.73. The first-order chi connectivity index (χ1) is 8.86. The van der Waals surface area contributed by atoms with Gasteiger partial charge in [0.2, 0.25) is 10.0 Å². The van der Waals surface area contributed by atoms with Crippen LogP contribution in [0.5, 0.6) is 0 Å². The second-order valence-electron chi connectivity index (χ2n) is 3.87. The zero-order valence-corrected chi connectivity index (χ0v) is 12.3. The Morgan fingerprint density at radius 2 is 1.95 bits per heavy atom. The van der Waals surface area contributed by atoms with Gasteiger partial charge in [0.1, 0.15) is 0 Å². The number of benzene rings is 1. The Bertz CT molecular complexity index is 525. The fourth-order valence-corrected chi connectivity index (χ4v) is 2.52. The molecule has 7 heteroatoms. The highest BCUT2D eigenvalue weighted by atomic mass is 35.5. The monoisotopic (exact) mass is 305 g/mol. The molecule has 106 valence electrons. The number of esters is 1. The Balaban J connectivity index is 2.84. The molecule has 0 spiro atoms. The molecule has 0 aliphatic heterocycles. The number of sulfonamides is 1. The van der Waals surface area contributed by atoms with Crippen molar-refractivity contribution in [2.75, 3.05) is 6.54 Å². The lowest BCUT2D eigenvalue weighted by Crippen LogP contribution is -2.24. The summed E-state index contributed by atoms with van der Waals surface area (Å²) < 4.78 is 30.8. The van der Waals surface area contributed by atoms with Gasteiger partial charge in [-0.25, -0.2) is 17.9 Å². The van der Waals surface area contributed by atoms with E-state index in [0.29, 0.717) is 13.0 Å². The molecule has 0 radical (unpaired) electrons. The Morgan fingerprint density at radius 1 is 1.37 bits per heavy atom. The predicted octanol–water partition coefficient (Wildman–Crippen LogP) is 2.12. The first-order valence-electron chi connectivity index (χ1n) is 5.81. The molecule has 0 amide bonds. The van der Waals surface area contributed by atoms with E-state index in [0.717, 1.165) is 0 Å². The zero-order chi connectivity index (χ0) is 14.5. The predicted molar refractivity (Wildman–Crippen MR) is 72.7 cm³/mol. The van der Waals surface area contributed by atoms with Crippen molar-refractivity contribution in [3.05, 3.63) is 29.8 Å². The number of ether oxygens (including phenoxy) is 1. The number of hydrogen-bond acceptors (Lipinski definition) is 4. The van der Waals surface area contributed by atoms with Gasteiger partial charge in [-0.05, 0) is 37.6 Å². The molecule has 0 fully saturated rings. The second-order valence-corrected chi connectivity index (χ2v) is 6.25. The molecule has 1 atom stereocenters. The number of halogens is 1. The average Bonchev–Trinajstić information content (AvgIpc) is 2.36. The van der Waals surface area contributed by atoms with E-state index in [4.69, 9.17) is 16.3 Å². The Morgan fingerprint density at radius 3 is 2.42 bits per heavy atom. The maximum atomic E-state index is 11.8. The Hall–Kier alpha value is -1.11. The molecule has 1 rings (SSSR count).